The number of aromatic nitrogens is 1. The van der Waals surface area contributed by atoms with Gasteiger partial charge in [-0.25, -0.2) is 9.88 Å². The average Bonchev–Trinajstić information content (AvgIpc) is 3.15. The van der Waals surface area contributed by atoms with E-state index in [0.717, 1.165) is 12.2 Å². The molecule has 2 unspecified atom stereocenters. The number of rotatable bonds is 4. The van der Waals surface area contributed by atoms with Gasteiger partial charge in [0.2, 0.25) is 11.8 Å². The van der Waals surface area contributed by atoms with E-state index >= 15 is 0 Å². The Bertz CT molecular complexity index is 806. The molecule has 1 saturated carbocycles. The van der Waals surface area contributed by atoms with Gasteiger partial charge in [0.05, 0.1) is 28.2 Å². The Morgan fingerprint density at radius 1 is 1.04 bits per heavy atom. The first-order valence-corrected chi connectivity index (χ1v) is 9.68. The molecule has 6 heteroatoms. The Kier molecular flexibility index (Phi) is 3.50. The number of anilines is 1. The van der Waals surface area contributed by atoms with E-state index in [1.807, 2.05) is 30.3 Å². The second-order valence-corrected chi connectivity index (χ2v) is 8.10. The Balaban J connectivity index is 1.29. The number of amides is 2. The lowest BCUT2D eigenvalue weighted by atomic mass is 10.00. The van der Waals surface area contributed by atoms with Crippen LogP contribution in [0.25, 0.3) is 0 Å². The van der Waals surface area contributed by atoms with E-state index in [2.05, 4.69) is 10.3 Å². The Hall–Kier alpha value is -2.05. The molecule has 2 amide bonds. The number of imide groups is 1. The minimum atomic E-state index is -0.214. The van der Waals surface area contributed by atoms with Gasteiger partial charge in [0.15, 0.2) is 0 Å². The van der Waals surface area contributed by atoms with Crippen LogP contribution in [0.5, 0.6) is 0 Å². The van der Waals surface area contributed by atoms with Crippen molar-refractivity contribution in [1.82, 2.24) is 9.88 Å². The van der Waals surface area contributed by atoms with E-state index in [1.54, 1.807) is 11.3 Å². The van der Waals surface area contributed by atoms with E-state index in [1.165, 1.54) is 22.7 Å². The minimum absolute atomic E-state index is 0.0550. The van der Waals surface area contributed by atoms with Gasteiger partial charge in [-0.15, -0.1) is 11.3 Å². The molecule has 2 aliphatic heterocycles. The summed E-state index contributed by atoms with van der Waals surface area (Å²) in [5.41, 5.74) is 1.76. The van der Waals surface area contributed by atoms with Gasteiger partial charge in [0, 0.05) is 30.9 Å². The topological polar surface area (TPSA) is 53.5 Å². The van der Waals surface area contributed by atoms with E-state index in [9.17, 15) is 9.59 Å². The number of hydrogen-bond acceptors (Lipinski definition) is 5. The highest BCUT2D eigenvalue weighted by atomic mass is 32.1. The highest BCUT2D eigenvalue weighted by Gasteiger charge is 2.52. The van der Waals surface area contributed by atoms with Crippen LogP contribution in [0.2, 0.25) is 0 Å². The molecule has 3 aliphatic rings. The summed E-state index contributed by atoms with van der Waals surface area (Å²) in [5.74, 6) is 0.143. The molecule has 3 fully saturated rings. The van der Waals surface area contributed by atoms with Gasteiger partial charge in [-0.2, -0.15) is 0 Å². The molecule has 5 nitrogen and oxygen atoms in total. The van der Waals surface area contributed by atoms with Crippen LogP contribution >= 0.6 is 11.3 Å². The van der Waals surface area contributed by atoms with Gasteiger partial charge in [0.25, 0.3) is 0 Å². The fraction of sp³-hybridized carbons (Fsp3) is 0.421. The zero-order valence-corrected chi connectivity index (χ0v) is 14.6. The third kappa shape index (κ3) is 2.60. The van der Waals surface area contributed by atoms with Gasteiger partial charge in [0.1, 0.15) is 0 Å². The zero-order valence-electron chi connectivity index (χ0n) is 13.8. The molecule has 25 heavy (non-hydrogen) atoms. The van der Waals surface area contributed by atoms with Gasteiger partial charge in [-0.05, 0) is 25.0 Å². The fourth-order valence-corrected chi connectivity index (χ4v) is 4.91. The lowest BCUT2D eigenvalue weighted by Gasteiger charge is -2.20. The summed E-state index contributed by atoms with van der Waals surface area (Å²) in [5, 5.41) is 3.37. The number of benzene rings is 1. The molecule has 2 aromatic rings. The molecule has 0 bridgehead atoms. The monoisotopic (exact) mass is 353 g/mol. The maximum Gasteiger partial charge on any atom is 0.239 e. The van der Waals surface area contributed by atoms with Gasteiger partial charge in [-0.1, -0.05) is 18.2 Å². The molecule has 1 aliphatic carbocycles. The second-order valence-electron chi connectivity index (χ2n) is 7.21. The molecule has 3 heterocycles. The first-order valence-electron chi connectivity index (χ1n) is 8.80. The first kappa shape index (κ1) is 15.2. The molecule has 5 rings (SSSR count). The summed E-state index contributed by atoms with van der Waals surface area (Å²) in [6, 6.07) is 9.25. The van der Waals surface area contributed by atoms with Gasteiger partial charge >= 0.3 is 0 Å². The van der Waals surface area contributed by atoms with Crippen LogP contribution in [0.1, 0.15) is 29.5 Å². The van der Waals surface area contributed by atoms with Crippen LogP contribution in [-0.4, -0.2) is 34.8 Å². The lowest BCUT2D eigenvalue weighted by Crippen LogP contribution is -2.35. The molecular weight excluding hydrogens is 334 g/mol. The molecule has 0 spiro atoms. The largest absolute Gasteiger partial charge is 0.296 e. The van der Waals surface area contributed by atoms with E-state index in [-0.39, 0.29) is 23.7 Å². The molecule has 128 valence electrons. The average molecular weight is 353 g/mol. The minimum Gasteiger partial charge on any atom is -0.296 e. The predicted molar refractivity (Wildman–Crippen MR) is 95.3 cm³/mol. The predicted octanol–water partition coefficient (Wildman–Crippen LogP) is 2.64. The summed E-state index contributed by atoms with van der Waals surface area (Å²) in [6.45, 7) is 2.03. The van der Waals surface area contributed by atoms with Crippen molar-refractivity contribution < 1.29 is 9.59 Å². The van der Waals surface area contributed by atoms with Crippen LogP contribution in [0.4, 0.5) is 5.69 Å². The maximum absolute atomic E-state index is 12.8. The standard InChI is InChI=1S/C19H19N3O2S/c23-18-15-9-21(8-13-11-25-17(20-13)12-6-7-12)10-16(15)19(24)22(18)14-4-2-1-3-5-14/h1-5,11-12,15-16H,6-10H2. The van der Waals surface area contributed by atoms with Gasteiger partial charge < -0.3 is 0 Å². The van der Waals surface area contributed by atoms with Crippen molar-refractivity contribution in [3.8, 4) is 0 Å². The second kappa shape index (κ2) is 5.75. The molecule has 2 saturated heterocycles. The summed E-state index contributed by atoms with van der Waals surface area (Å²) >= 11 is 1.74. The van der Waals surface area contributed by atoms with E-state index in [4.69, 9.17) is 4.98 Å². The van der Waals surface area contributed by atoms with Crippen molar-refractivity contribution in [2.45, 2.75) is 25.3 Å². The molecular formula is C19H19N3O2S. The number of nitrogens with zero attached hydrogens (tertiary/aromatic N) is 3. The number of para-hydroxylation sites is 1. The van der Waals surface area contributed by atoms with Crippen molar-refractivity contribution in [1.29, 1.82) is 0 Å². The smallest absolute Gasteiger partial charge is 0.239 e. The molecule has 1 aromatic heterocycles. The van der Waals surface area contributed by atoms with Crippen molar-refractivity contribution in [2.24, 2.45) is 11.8 Å². The quantitative estimate of drug-likeness (QED) is 0.793. The van der Waals surface area contributed by atoms with Crippen molar-refractivity contribution in [2.75, 3.05) is 18.0 Å². The zero-order chi connectivity index (χ0) is 17.0. The first-order chi connectivity index (χ1) is 12.2. The molecule has 1 aromatic carbocycles. The van der Waals surface area contributed by atoms with Crippen LogP contribution in [-0.2, 0) is 16.1 Å². The van der Waals surface area contributed by atoms with Gasteiger partial charge in [-0.3, -0.25) is 14.5 Å². The van der Waals surface area contributed by atoms with Crippen LogP contribution in [0.15, 0.2) is 35.7 Å². The van der Waals surface area contributed by atoms with Crippen molar-refractivity contribution in [3.05, 3.63) is 46.4 Å². The van der Waals surface area contributed by atoms with E-state index in [0.29, 0.717) is 24.7 Å². The number of fused-ring (bicyclic) bond motifs is 1. The highest BCUT2D eigenvalue weighted by molar-refractivity contribution is 7.09. The Morgan fingerprint density at radius 2 is 1.72 bits per heavy atom. The fourth-order valence-electron chi connectivity index (χ4n) is 3.93. The molecule has 0 N–H and O–H groups in total. The summed E-state index contributed by atoms with van der Waals surface area (Å²) in [4.78, 5) is 33.8. The summed E-state index contributed by atoms with van der Waals surface area (Å²) < 4.78 is 0. The third-order valence-electron chi connectivity index (χ3n) is 5.37. The van der Waals surface area contributed by atoms with Crippen LogP contribution < -0.4 is 4.90 Å². The third-order valence-corrected chi connectivity index (χ3v) is 6.42. The maximum atomic E-state index is 12.8. The van der Waals surface area contributed by atoms with Crippen LogP contribution in [0, 0.1) is 11.8 Å². The summed E-state index contributed by atoms with van der Waals surface area (Å²) in [6.07, 6.45) is 2.53. The molecule has 0 radical (unpaired) electrons. The van der Waals surface area contributed by atoms with Crippen LogP contribution in [0.3, 0.4) is 0 Å². The molecule has 2 atom stereocenters. The normalized spacial score (nSPS) is 26.5. The number of carbonyl (C=O) groups is 2. The Morgan fingerprint density at radius 3 is 2.36 bits per heavy atom. The van der Waals surface area contributed by atoms with E-state index < -0.39 is 0 Å². The van der Waals surface area contributed by atoms with Crippen molar-refractivity contribution >= 4 is 28.8 Å². The van der Waals surface area contributed by atoms with Crippen molar-refractivity contribution in [3.63, 3.8) is 0 Å². The number of thiazole rings is 1. The number of hydrogen-bond donors (Lipinski definition) is 0. The SMILES string of the molecule is O=C1C2CN(Cc3csc(C4CC4)n3)CC2C(=O)N1c1ccccc1. The number of carbonyl (C=O) groups excluding carboxylic acids is 2. The number of likely N-dealkylation sites (tertiary alicyclic amines) is 1. The summed E-state index contributed by atoms with van der Waals surface area (Å²) in [7, 11) is 0. The highest BCUT2D eigenvalue weighted by Crippen LogP contribution is 2.42. The Labute approximate surface area is 150 Å². The lowest BCUT2D eigenvalue weighted by molar-refractivity contribution is -0.123.